The van der Waals surface area contributed by atoms with E-state index in [1.165, 1.54) is 11.4 Å². The van der Waals surface area contributed by atoms with Crippen molar-refractivity contribution >= 4 is 33.2 Å². The number of methoxy groups -OCH3 is 1. The molecule has 2 aromatic rings. The van der Waals surface area contributed by atoms with Gasteiger partial charge >= 0.3 is 11.8 Å². The van der Waals surface area contributed by atoms with E-state index >= 15 is 0 Å². The largest absolute Gasteiger partial charge is 0.496 e. The van der Waals surface area contributed by atoms with Crippen LogP contribution in [0, 0.1) is 0 Å². The first-order valence-corrected chi connectivity index (χ1v) is 11.0. The number of rotatable bonds is 5. The van der Waals surface area contributed by atoms with Crippen molar-refractivity contribution in [1.82, 2.24) is 5.32 Å². The first-order valence-electron chi connectivity index (χ1n) is 9.11. The molecule has 1 aliphatic heterocycles. The Hall–Kier alpha value is -3.07. The summed E-state index contributed by atoms with van der Waals surface area (Å²) in [6.45, 7) is 0.533. The summed E-state index contributed by atoms with van der Waals surface area (Å²) in [4.78, 5) is 24.4. The smallest absolute Gasteiger partial charge is 0.313 e. The molecule has 0 atom stereocenters. The molecule has 0 bridgehead atoms. The van der Waals surface area contributed by atoms with Crippen LogP contribution in [0.25, 0.3) is 0 Å². The number of nitrogens with one attached hydrogen (secondary N) is 2. The number of ether oxygens (including phenoxy) is 1. The van der Waals surface area contributed by atoms with Gasteiger partial charge in [-0.15, -0.1) is 0 Å². The van der Waals surface area contributed by atoms with Crippen LogP contribution in [0.3, 0.4) is 0 Å². The molecule has 8 nitrogen and oxygen atoms in total. The number of nitrogens with zero attached hydrogens (tertiary/aromatic N) is 1. The minimum Gasteiger partial charge on any atom is -0.496 e. The highest BCUT2D eigenvalue weighted by atomic mass is 32.2. The van der Waals surface area contributed by atoms with Crippen molar-refractivity contribution in [3.8, 4) is 5.75 Å². The van der Waals surface area contributed by atoms with E-state index in [9.17, 15) is 18.0 Å². The van der Waals surface area contributed by atoms with Crippen molar-refractivity contribution in [3.63, 3.8) is 0 Å². The fraction of sp³-hybridized carbons (Fsp3) is 0.300. The molecule has 9 heteroatoms. The Kier molecular flexibility index (Phi) is 6.07. The summed E-state index contributed by atoms with van der Waals surface area (Å²) >= 11 is 0. The number of aryl methyl sites for hydroxylation is 1. The number of fused-ring (bicyclic) bond motifs is 1. The van der Waals surface area contributed by atoms with Crippen LogP contribution in [-0.2, 0) is 32.6 Å². The van der Waals surface area contributed by atoms with Gasteiger partial charge in [0.15, 0.2) is 0 Å². The molecule has 0 aliphatic carbocycles. The summed E-state index contributed by atoms with van der Waals surface area (Å²) in [7, 11) is -1.89. The topological polar surface area (TPSA) is 105 Å². The zero-order valence-electron chi connectivity index (χ0n) is 16.3. The number of carbonyl (C=O) groups excluding carboxylic acids is 2. The molecule has 0 unspecified atom stereocenters. The van der Waals surface area contributed by atoms with Crippen LogP contribution in [0.4, 0.5) is 11.4 Å². The predicted molar refractivity (Wildman–Crippen MR) is 110 cm³/mol. The fourth-order valence-corrected chi connectivity index (χ4v) is 4.24. The zero-order valence-corrected chi connectivity index (χ0v) is 17.1. The summed E-state index contributed by atoms with van der Waals surface area (Å²) < 4.78 is 30.6. The van der Waals surface area contributed by atoms with Crippen LogP contribution < -0.4 is 19.7 Å². The minimum atomic E-state index is -3.42. The van der Waals surface area contributed by atoms with Gasteiger partial charge in [-0.05, 0) is 36.6 Å². The van der Waals surface area contributed by atoms with Gasteiger partial charge in [-0.3, -0.25) is 13.9 Å². The lowest BCUT2D eigenvalue weighted by atomic mass is 10.0. The molecule has 0 spiro atoms. The van der Waals surface area contributed by atoms with Crippen molar-refractivity contribution in [2.24, 2.45) is 0 Å². The quantitative estimate of drug-likeness (QED) is 0.720. The summed E-state index contributed by atoms with van der Waals surface area (Å²) in [5, 5.41) is 5.08. The molecule has 2 N–H and O–H groups in total. The molecule has 29 heavy (non-hydrogen) atoms. The summed E-state index contributed by atoms with van der Waals surface area (Å²) in [6, 6.07) is 12.2. The summed E-state index contributed by atoms with van der Waals surface area (Å²) in [6.07, 6.45) is 2.64. The number of carbonyl (C=O) groups is 2. The van der Waals surface area contributed by atoms with Gasteiger partial charge in [-0.1, -0.05) is 24.3 Å². The van der Waals surface area contributed by atoms with Crippen molar-refractivity contribution in [2.75, 3.05) is 29.5 Å². The fourth-order valence-electron chi connectivity index (χ4n) is 3.26. The summed E-state index contributed by atoms with van der Waals surface area (Å²) in [5.41, 5.74) is 2.52. The van der Waals surface area contributed by atoms with Gasteiger partial charge in [0.05, 0.1) is 19.1 Å². The molecule has 0 saturated heterocycles. The number of para-hydroxylation sites is 1. The van der Waals surface area contributed by atoms with Gasteiger partial charge in [-0.2, -0.15) is 0 Å². The first kappa shape index (κ1) is 20.7. The van der Waals surface area contributed by atoms with Crippen molar-refractivity contribution in [2.45, 2.75) is 19.4 Å². The molecule has 0 saturated carbocycles. The normalized spacial score (nSPS) is 13.4. The Morgan fingerprint density at radius 3 is 2.62 bits per heavy atom. The van der Waals surface area contributed by atoms with E-state index in [2.05, 4.69) is 10.6 Å². The lowest BCUT2D eigenvalue weighted by Gasteiger charge is -2.29. The average Bonchev–Trinajstić information content (AvgIpc) is 2.70. The van der Waals surface area contributed by atoms with E-state index in [1.807, 2.05) is 12.1 Å². The molecule has 0 radical (unpaired) electrons. The van der Waals surface area contributed by atoms with E-state index in [0.29, 0.717) is 23.7 Å². The number of benzene rings is 2. The highest BCUT2D eigenvalue weighted by Crippen LogP contribution is 2.31. The van der Waals surface area contributed by atoms with Crippen molar-refractivity contribution < 1.29 is 22.7 Å². The van der Waals surface area contributed by atoms with Crippen LogP contribution in [0.2, 0.25) is 0 Å². The van der Waals surface area contributed by atoms with E-state index < -0.39 is 21.8 Å². The van der Waals surface area contributed by atoms with Crippen LogP contribution in [0.1, 0.15) is 17.5 Å². The van der Waals surface area contributed by atoms with Gasteiger partial charge in [-0.25, -0.2) is 8.42 Å². The van der Waals surface area contributed by atoms with Crippen molar-refractivity contribution in [1.29, 1.82) is 0 Å². The molecule has 1 aliphatic rings. The van der Waals surface area contributed by atoms with Crippen molar-refractivity contribution in [3.05, 3.63) is 53.6 Å². The second kappa shape index (κ2) is 8.52. The standard InChI is InChI=1S/C20H23N3O5S/c1-28-18-8-4-3-6-15(18)13-21-19(24)20(25)22-16-10-9-14-7-5-11-23(17(14)12-16)29(2,26)27/h3-4,6,8-10,12H,5,7,11,13H2,1-2H3,(H,21,24)(H,22,25). The molecule has 154 valence electrons. The maximum Gasteiger partial charge on any atom is 0.313 e. The van der Waals surface area contributed by atoms with Gasteiger partial charge in [0, 0.05) is 24.3 Å². The maximum absolute atomic E-state index is 12.2. The monoisotopic (exact) mass is 417 g/mol. The SMILES string of the molecule is COc1ccccc1CNC(=O)C(=O)Nc1ccc2c(c1)N(S(C)(=O)=O)CCC2. The average molecular weight is 417 g/mol. The minimum absolute atomic E-state index is 0.141. The van der Waals surface area contributed by atoms with Gasteiger partial charge in [0.1, 0.15) is 5.75 Å². The Morgan fingerprint density at radius 2 is 1.90 bits per heavy atom. The Labute approximate surface area is 169 Å². The maximum atomic E-state index is 12.2. The molecule has 0 aromatic heterocycles. The second-order valence-electron chi connectivity index (χ2n) is 6.73. The van der Waals surface area contributed by atoms with Gasteiger partial charge < -0.3 is 15.4 Å². The van der Waals surface area contributed by atoms with E-state index in [-0.39, 0.29) is 6.54 Å². The first-order chi connectivity index (χ1) is 13.8. The highest BCUT2D eigenvalue weighted by molar-refractivity contribution is 7.92. The Bertz CT molecular complexity index is 1040. The van der Waals surface area contributed by atoms with Gasteiger partial charge in [0.25, 0.3) is 0 Å². The van der Waals surface area contributed by atoms with E-state index in [1.54, 1.807) is 30.3 Å². The molecule has 3 rings (SSSR count). The van der Waals surface area contributed by atoms with Crippen LogP contribution in [-0.4, -0.2) is 40.1 Å². The number of sulfonamides is 1. The number of hydrogen-bond donors (Lipinski definition) is 2. The van der Waals surface area contributed by atoms with Crippen LogP contribution in [0.15, 0.2) is 42.5 Å². The highest BCUT2D eigenvalue weighted by Gasteiger charge is 2.24. The zero-order chi connectivity index (χ0) is 21.0. The van der Waals surface area contributed by atoms with E-state index in [4.69, 9.17) is 4.74 Å². The molecular formula is C20H23N3O5S. The number of hydrogen-bond acceptors (Lipinski definition) is 5. The van der Waals surface area contributed by atoms with Crippen LogP contribution >= 0.6 is 0 Å². The Balaban J connectivity index is 1.68. The van der Waals surface area contributed by atoms with E-state index in [0.717, 1.165) is 30.2 Å². The predicted octanol–water partition coefficient (Wildman–Crippen LogP) is 1.66. The molecule has 2 amide bonds. The third kappa shape index (κ3) is 4.86. The lowest BCUT2D eigenvalue weighted by Crippen LogP contribution is -2.36. The lowest BCUT2D eigenvalue weighted by molar-refractivity contribution is -0.136. The van der Waals surface area contributed by atoms with Crippen LogP contribution in [0.5, 0.6) is 5.75 Å². The third-order valence-corrected chi connectivity index (χ3v) is 5.84. The van der Waals surface area contributed by atoms with Gasteiger partial charge in [0.2, 0.25) is 10.0 Å². The summed E-state index contributed by atoms with van der Waals surface area (Å²) in [5.74, 6) is -1.01. The number of anilines is 2. The Morgan fingerprint density at radius 1 is 1.14 bits per heavy atom. The molecule has 1 heterocycles. The third-order valence-electron chi connectivity index (χ3n) is 4.66. The molecule has 0 fully saturated rings. The number of amides is 2. The molecular weight excluding hydrogens is 394 g/mol. The second-order valence-corrected chi connectivity index (χ2v) is 8.64. The molecule has 2 aromatic carbocycles.